The topological polar surface area (TPSA) is 131 Å². The highest BCUT2D eigenvalue weighted by Crippen LogP contribution is 2.27. The number of carbonyl (C=O) groups excluding carboxylic acids is 3. The third kappa shape index (κ3) is 5.62. The van der Waals surface area contributed by atoms with Gasteiger partial charge in [-0.1, -0.05) is 38.7 Å². The molecule has 0 unspecified atom stereocenters. The monoisotopic (exact) mass is 463 g/mol. The zero-order valence-electron chi connectivity index (χ0n) is 17.6. The summed E-state index contributed by atoms with van der Waals surface area (Å²) >= 11 is 2.36. The van der Waals surface area contributed by atoms with E-state index in [1.807, 2.05) is 17.5 Å². The highest BCUT2D eigenvalue weighted by atomic mass is 32.1. The molecule has 3 rings (SSSR count). The molecule has 0 aromatic carbocycles. The second kappa shape index (κ2) is 10.7. The van der Waals surface area contributed by atoms with Gasteiger partial charge in [0, 0.05) is 10.9 Å². The molecule has 0 spiro atoms. The Labute approximate surface area is 190 Å². The van der Waals surface area contributed by atoms with E-state index in [2.05, 4.69) is 16.6 Å². The van der Waals surface area contributed by atoms with Crippen LogP contribution >= 0.6 is 22.9 Å². The minimum atomic E-state index is -0.779. The Bertz CT molecular complexity index is 906. The lowest BCUT2D eigenvalue weighted by Gasteiger charge is -2.31. The van der Waals surface area contributed by atoms with Crippen molar-refractivity contribution in [3.8, 4) is 0 Å². The van der Waals surface area contributed by atoms with Crippen LogP contribution in [0.3, 0.4) is 0 Å². The molecule has 8 nitrogen and oxygen atoms in total. The van der Waals surface area contributed by atoms with Crippen LogP contribution in [-0.2, 0) is 11.3 Å². The predicted molar refractivity (Wildman–Crippen MR) is 123 cm³/mol. The van der Waals surface area contributed by atoms with Crippen LogP contribution < -0.4 is 16.8 Å². The standard InChI is InChI=1S/C21H29N5O3S2/c1-2-3-10-15(20(28)24-13-7-4-5-8-13)26(12-14-9-6-11-30-14)21(29)18-16(22)17(19(23)27)25-31-18/h6,9,11,13,15H,2-5,7-8,10,12,22H2,1H3,(H2,23,27)(H,24,28)/t15-/m1/s1. The van der Waals surface area contributed by atoms with Crippen molar-refractivity contribution in [1.82, 2.24) is 14.6 Å². The summed E-state index contributed by atoms with van der Waals surface area (Å²) in [7, 11) is 0. The van der Waals surface area contributed by atoms with E-state index in [1.165, 1.54) is 11.3 Å². The van der Waals surface area contributed by atoms with E-state index in [4.69, 9.17) is 11.5 Å². The lowest BCUT2D eigenvalue weighted by Crippen LogP contribution is -2.51. The number of hydrogen-bond acceptors (Lipinski definition) is 7. The van der Waals surface area contributed by atoms with Gasteiger partial charge in [0.15, 0.2) is 5.69 Å². The number of nitrogens with zero attached hydrogens (tertiary/aromatic N) is 2. The Balaban J connectivity index is 1.92. The second-order valence-corrected chi connectivity index (χ2v) is 9.60. The number of unbranched alkanes of at least 4 members (excludes halogenated alkanes) is 1. The fraction of sp³-hybridized carbons (Fsp3) is 0.524. The summed E-state index contributed by atoms with van der Waals surface area (Å²) in [5.41, 5.74) is 11.2. The van der Waals surface area contributed by atoms with E-state index in [0.29, 0.717) is 6.42 Å². The van der Waals surface area contributed by atoms with Crippen LogP contribution in [-0.4, -0.2) is 39.1 Å². The summed E-state index contributed by atoms with van der Waals surface area (Å²) in [5, 5.41) is 5.08. The molecule has 10 heteroatoms. The van der Waals surface area contributed by atoms with Crippen molar-refractivity contribution < 1.29 is 14.4 Å². The maximum atomic E-state index is 13.6. The zero-order valence-corrected chi connectivity index (χ0v) is 19.3. The van der Waals surface area contributed by atoms with Crippen LogP contribution in [0.25, 0.3) is 0 Å². The molecule has 1 atom stereocenters. The number of nitrogen functional groups attached to an aromatic ring is 1. The van der Waals surface area contributed by atoms with Gasteiger partial charge in [-0.3, -0.25) is 14.4 Å². The van der Waals surface area contributed by atoms with Gasteiger partial charge in [-0.05, 0) is 42.2 Å². The van der Waals surface area contributed by atoms with Crippen LogP contribution in [0.2, 0.25) is 0 Å². The van der Waals surface area contributed by atoms with Crippen LogP contribution in [0.5, 0.6) is 0 Å². The molecule has 168 valence electrons. The summed E-state index contributed by atoms with van der Waals surface area (Å²) in [6, 6.07) is 3.37. The van der Waals surface area contributed by atoms with Gasteiger partial charge < -0.3 is 21.7 Å². The summed E-state index contributed by atoms with van der Waals surface area (Å²) < 4.78 is 3.96. The molecule has 2 heterocycles. The average molecular weight is 464 g/mol. The number of hydrogen-bond donors (Lipinski definition) is 3. The molecule has 2 aromatic heterocycles. The number of primary amides is 1. The molecule has 1 fully saturated rings. The number of thiophene rings is 1. The van der Waals surface area contributed by atoms with Crippen molar-refractivity contribution in [2.75, 3.05) is 5.73 Å². The fourth-order valence-electron chi connectivity index (χ4n) is 3.85. The minimum absolute atomic E-state index is 0.0240. The number of nitrogens with two attached hydrogens (primary N) is 2. The molecular weight excluding hydrogens is 434 g/mol. The lowest BCUT2D eigenvalue weighted by atomic mass is 10.1. The van der Waals surface area contributed by atoms with E-state index < -0.39 is 17.9 Å². The molecule has 0 saturated heterocycles. The molecule has 1 saturated carbocycles. The van der Waals surface area contributed by atoms with E-state index in [9.17, 15) is 14.4 Å². The molecule has 2 aromatic rings. The SMILES string of the molecule is CCCC[C@H](C(=O)NC1CCCC1)N(Cc1cccs1)C(=O)c1snc(C(N)=O)c1N. The van der Waals surface area contributed by atoms with Crippen molar-refractivity contribution in [1.29, 1.82) is 0 Å². The van der Waals surface area contributed by atoms with Crippen molar-refractivity contribution in [2.45, 2.75) is 70.5 Å². The Morgan fingerprint density at radius 3 is 2.65 bits per heavy atom. The molecule has 5 N–H and O–H groups in total. The number of anilines is 1. The first kappa shape index (κ1) is 23.2. The Hall–Kier alpha value is -2.46. The van der Waals surface area contributed by atoms with Crippen LogP contribution in [0.4, 0.5) is 5.69 Å². The van der Waals surface area contributed by atoms with Gasteiger partial charge >= 0.3 is 0 Å². The highest BCUT2D eigenvalue weighted by Gasteiger charge is 2.34. The average Bonchev–Trinajstić information content (AvgIpc) is 3.49. The minimum Gasteiger partial charge on any atom is -0.395 e. The van der Waals surface area contributed by atoms with Gasteiger partial charge in [0.25, 0.3) is 11.8 Å². The normalized spacial score (nSPS) is 15.0. The van der Waals surface area contributed by atoms with Gasteiger partial charge in [0.1, 0.15) is 10.9 Å². The van der Waals surface area contributed by atoms with Gasteiger partial charge in [0.05, 0.1) is 12.2 Å². The first-order valence-corrected chi connectivity index (χ1v) is 12.3. The summed E-state index contributed by atoms with van der Waals surface area (Å²) in [6.07, 6.45) is 6.41. The molecule has 1 aliphatic rings. The van der Waals surface area contributed by atoms with Gasteiger partial charge in [-0.25, -0.2) is 0 Å². The number of nitrogens with one attached hydrogen (secondary N) is 1. The number of carbonyl (C=O) groups is 3. The molecular formula is C21H29N5O3S2. The molecule has 0 bridgehead atoms. The van der Waals surface area contributed by atoms with Crippen molar-refractivity contribution in [3.05, 3.63) is 33.0 Å². The fourth-order valence-corrected chi connectivity index (χ4v) is 5.31. The quantitative estimate of drug-likeness (QED) is 0.498. The van der Waals surface area contributed by atoms with E-state index in [1.54, 1.807) is 4.90 Å². The number of amides is 3. The van der Waals surface area contributed by atoms with Crippen LogP contribution in [0, 0.1) is 0 Å². The first-order valence-electron chi connectivity index (χ1n) is 10.6. The van der Waals surface area contributed by atoms with Crippen LogP contribution in [0.15, 0.2) is 17.5 Å². The molecule has 0 aliphatic heterocycles. The van der Waals surface area contributed by atoms with Crippen molar-refractivity contribution in [3.63, 3.8) is 0 Å². The summed E-state index contributed by atoms with van der Waals surface area (Å²) in [6.45, 7) is 2.34. The molecule has 31 heavy (non-hydrogen) atoms. The Morgan fingerprint density at radius 2 is 2.06 bits per heavy atom. The first-order chi connectivity index (χ1) is 14.9. The summed E-state index contributed by atoms with van der Waals surface area (Å²) in [5.74, 6) is -1.32. The van der Waals surface area contributed by atoms with Gasteiger partial charge in [-0.15, -0.1) is 11.3 Å². The smallest absolute Gasteiger partial charge is 0.270 e. The molecule has 1 aliphatic carbocycles. The van der Waals surface area contributed by atoms with E-state index in [0.717, 1.165) is 54.9 Å². The van der Waals surface area contributed by atoms with Gasteiger partial charge in [0.2, 0.25) is 5.91 Å². The Morgan fingerprint density at radius 1 is 1.32 bits per heavy atom. The third-order valence-electron chi connectivity index (χ3n) is 5.53. The Kier molecular flexibility index (Phi) is 8.03. The van der Waals surface area contributed by atoms with Crippen LogP contribution in [0.1, 0.15) is 76.9 Å². The maximum Gasteiger partial charge on any atom is 0.270 e. The van der Waals surface area contributed by atoms with Crippen molar-refractivity contribution >= 4 is 46.3 Å². The maximum absolute atomic E-state index is 13.6. The molecule has 3 amide bonds. The second-order valence-electron chi connectivity index (χ2n) is 7.80. The van der Waals surface area contributed by atoms with Crippen molar-refractivity contribution in [2.24, 2.45) is 5.73 Å². The van der Waals surface area contributed by atoms with E-state index >= 15 is 0 Å². The number of aromatic nitrogens is 1. The number of rotatable bonds is 10. The zero-order chi connectivity index (χ0) is 22.4. The predicted octanol–water partition coefficient (Wildman–Crippen LogP) is 3.15. The summed E-state index contributed by atoms with van der Waals surface area (Å²) in [4.78, 5) is 41.1. The van der Waals surface area contributed by atoms with Gasteiger partial charge in [-0.2, -0.15) is 4.37 Å². The lowest BCUT2D eigenvalue weighted by molar-refractivity contribution is -0.126. The third-order valence-corrected chi connectivity index (χ3v) is 7.25. The highest BCUT2D eigenvalue weighted by molar-refractivity contribution is 7.10. The molecule has 0 radical (unpaired) electrons. The van der Waals surface area contributed by atoms with E-state index in [-0.39, 0.29) is 34.8 Å². The largest absolute Gasteiger partial charge is 0.395 e.